The van der Waals surface area contributed by atoms with Crippen LogP contribution in [0.2, 0.25) is 0 Å². The van der Waals surface area contributed by atoms with Crippen molar-refractivity contribution in [3.63, 3.8) is 0 Å². The average Bonchev–Trinajstić information content (AvgIpc) is 3.15. The van der Waals surface area contributed by atoms with Gasteiger partial charge in [0.1, 0.15) is 17.1 Å². The van der Waals surface area contributed by atoms with Gasteiger partial charge in [-0.25, -0.2) is 13.8 Å². The predicted molar refractivity (Wildman–Crippen MR) is 116 cm³/mol. The minimum Gasteiger partial charge on any atom is -0.345 e. The SMILES string of the molecule is C[C@@H](NC(=O)CC1CC1(F)F)C(=O)N[C@H](Cc1ccccc1)C(=O)C(=O)NCc1nccs1. The van der Waals surface area contributed by atoms with Gasteiger partial charge in [0.25, 0.3) is 11.8 Å². The Morgan fingerprint density at radius 3 is 2.48 bits per heavy atom. The number of halogens is 2. The third-order valence-electron chi connectivity index (χ3n) is 5.18. The van der Waals surface area contributed by atoms with Crippen LogP contribution in [-0.4, -0.2) is 46.5 Å². The summed E-state index contributed by atoms with van der Waals surface area (Å²) in [6.07, 6.45) is 0.915. The van der Waals surface area contributed by atoms with Crippen LogP contribution in [0.5, 0.6) is 0 Å². The van der Waals surface area contributed by atoms with E-state index in [-0.39, 0.29) is 25.8 Å². The Labute approximate surface area is 193 Å². The molecule has 33 heavy (non-hydrogen) atoms. The lowest BCUT2D eigenvalue weighted by atomic mass is 10.0. The van der Waals surface area contributed by atoms with Gasteiger partial charge < -0.3 is 16.0 Å². The summed E-state index contributed by atoms with van der Waals surface area (Å²) in [5, 5.41) is 9.72. The van der Waals surface area contributed by atoms with Gasteiger partial charge >= 0.3 is 0 Å². The largest absolute Gasteiger partial charge is 0.345 e. The molecule has 1 aliphatic rings. The molecule has 3 atom stereocenters. The molecule has 0 radical (unpaired) electrons. The van der Waals surface area contributed by atoms with E-state index in [0.717, 1.165) is 5.56 Å². The molecular weight excluding hydrogens is 454 g/mol. The van der Waals surface area contributed by atoms with E-state index in [1.807, 2.05) is 0 Å². The van der Waals surface area contributed by atoms with Crippen LogP contribution in [0.15, 0.2) is 41.9 Å². The van der Waals surface area contributed by atoms with E-state index in [1.54, 1.807) is 41.9 Å². The van der Waals surface area contributed by atoms with Crippen molar-refractivity contribution in [1.82, 2.24) is 20.9 Å². The number of Topliss-reactive ketones (excluding diaryl/α,β-unsaturated/α-hetero) is 1. The Bertz CT molecular complexity index is 1000. The van der Waals surface area contributed by atoms with E-state index < -0.39 is 47.4 Å². The minimum atomic E-state index is -2.83. The van der Waals surface area contributed by atoms with Gasteiger partial charge in [-0.05, 0) is 12.5 Å². The average molecular weight is 479 g/mol. The van der Waals surface area contributed by atoms with Crippen molar-refractivity contribution in [2.75, 3.05) is 0 Å². The van der Waals surface area contributed by atoms with Crippen molar-refractivity contribution in [3.05, 3.63) is 52.5 Å². The summed E-state index contributed by atoms with van der Waals surface area (Å²) in [4.78, 5) is 53.8. The first-order chi connectivity index (χ1) is 15.7. The highest BCUT2D eigenvalue weighted by Crippen LogP contribution is 2.50. The predicted octanol–water partition coefficient (Wildman–Crippen LogP) is 1.61. The molecule has 0 spiro atoms. The summed E-state index contributed by atoms with van der Waals surface area (Å²) >= 11 is 1.32. The zero-order chi connectivity index (χ0) is 24.0. The summed E-state index contributed by atoms with van der Waals surface area (Å²) in [5.74, 6) is -6.94. The number of benzene rings is 1. The molecule has 2 aromatic rings. The molecule has 0 bridgehead atoms. The van der Waals surface area contributed by atoms with Crippen molar-refractivity contribution >= 4 is 34.8 Å². The molecule has 1 unspecified atom stereocenters. The second kappa shape index (κ2) is 10.6. The van der Waals surface area contributed by atoms with Crippen molar-refractivity contribution < 1.29 is 28.0 Å². The number of nitrogens with one attached hydrogen (secondary N) is 3. The second-order valence-electron chi connectivity index (χ2n) is 7.88. The fourth-order valence-electron chi connectivity index (χ4n) is 3.18. The maximum atomic E-state index is 13.0. The van der Waals surface area contributed by atoms with Crippen LogP contribution in [0.25, 0.3) is 0 Å². The van der Waals surface area contributed by atoms with E-state index in [2.05, 4.69) is 20.9 Å². The van der Waals surface area contributed by atoms with Crippen LogP contribution in [0, 0.1) is 5.92 Å². The Morgan fingerprint density at radius 1 is 1.18 bits per heavy atom. The van der Waals surface area contributed by atoms with Crippen molar-refractivity contribution in [2.24, 2.45) is 5.92 Å². The molecule has 1 aromatic carbocycles. The fourth-order valence-corrected chi connectivity index (χ4v) is 3.73. The first-order valence-electron chi connectivity index (χ1n) is 10.4. The Kier molecular flexibility index (Phi) is 7.85. The first kappa shape index (κ1) is 24.4. The summed E-state index contributed by atoms with van der Waals surface area (Å²) in [6.45, 7) is 1.46. The number of aromatic nitrogens is 1. The maximum absolute atomic E-state index is 13.0. The molecule has 8 nitrogen and oxygen atoms in total. The molecule has 3 rings (SSSR count). The van der Waals surface area contributed by atoms with Gasteiger partial charge in [0.2, 0.25) is 17.6 Å². The van der Waals surface area contributed by atoms with E-state index in [0.29, 0.717) is 5.01 Å². The smallest absolute Gasteiger partial charge is 0.289 e. The lowest BCUT2D eigenvalue weighted by Crippen LogP contribution is -2.53. The number of ketones is 1. The van der Waals surface area contributed by atoms with Crippen LogP contribution in [0.1, 0.15) is 30.3 Å². The van der Waals surface area contributed by atoms with Crippen molar-refractivity contribution in [1.29, 1.82) is 0 Å². The summed E-state index contributed by atoms with van der Waals surface area (Å²) in [6, 6.07) is 6.57. The molecule has 1 heterocycles. The third-order valence-corrected chi connectivity index (χ3v) is 5.96. The molecule has 0 saturated heterocycles. The summed E-state index contributed by atoms with van der Waals surface area (Å²) in [7, 11) is 0. The van der Waals surface area contributed by atoms with Gasteiger partial charge in [-0.3, -0.25) is 19.2 Å². The number of hydrogen-bond acceptors (Lipinski definition) is 6. The van der Waals surface area contributed by atoms with E-state index in [9.17, 15) is 28.0 Å². The number of thiazole rings is 1. The van der Waals surface area contributed by atoms with Gasteiger partial charge in [-0.2, -0.15) is 0 Å². The normalized spacial score (nSPS) is 18.0. The van der Waals surface area contributed by atoms with Gasteiger partial charge in [-0.15, -0.1) is 11.3 Å². The molecule has 176 valence electrons. The van der Waals surface area contributed by atoms with Crippen LogP contribution in [-0.2, 0) is 32.1 Å². The van der Waals surface area contributed by atoms with Gasteiger partial charge in [0.05, 0.1) is 6.54 Å². The molecule has 3 amide bonds. The maximum Gasteiger partial charge on any atom is 0.289 e. The van der Waals surface area contributed by atoms with Crippen LogP contribution in [0.4, 0.5) is 8.78 Å². The number of alkyl halides is 2. The minimum absolute atomic E-state index is 0.0606. The number of amides is 3. The van der Waals surface area contributed by atoms with Gasteiger partial charge in [-0.1, -0.05) is 30.3 Å². The lowest BCUT2D eigenvalue weighted by molar-refractivity contribution is -0.140. The molecular formula is C22H24F2N4O4S. The highest BCUT2D eigenvalue weighted by molar-refractivity contribution is 7.09. The Morgan fingerprint density at radius 2 is 1.88 bits per heavy atom. The molecule has 1 aliphatic carbocycles. The fraction of sp³-hybridized carbons (Fsp3) is 0.409. The molecule has 1 aromatic heterocycles. The van der Waals surface area contributed by atoms with Crippen molar-refractivity contribution in [2.45, 2.75) is 50.7 Å². The lowest BCUT2D eigenvalue weighted by Gasteiger charge is -2.20. The number of carbonyl (C=O) groups is 4. The number of hydrogen-bond donors (Lipinski definition) is 3. The first-order valence-corrected chi connectivity index (χ1v) is 11.3. The zero-order valence-corrected chi connectivity index (χ0v) is 18.7. The van der Waals surface area contributed by atoms with E-state index >= 15 is 0 Å². The van der Waals surface area contributed by atoms with E-state index in [4.69, 9.17) is 0 Å². The van der Waals surface area contributed by atoms with E-state index in [1.165, 1.54) is 18.3 Å². The Hall–Kier alpha value is -3.21. The highest BCUT2D eigenvalue weighted by atomic mass is 32.1. The standard InChI is InChI=1S/C22H24F2N4O4S/c1-13(27-17(29)10-15-11-22(15,23)24)20(31)28-16(9-14-5-3-2-4-6-14)19(30)21(32)26-12-18-25-7-8-33-18/h2-8,13,15-16H,9-12H2,1H3,(H,26,32)(H,27,29)(H,28,31)/t13-,15?,16-/m1/s1. The monoisotopic (exact) mass is 478 g/mol. The zero-order valence-electron chi connectivity index (χ0n) is 17.8. The number of carbonyl (C=O) groups excluding carboxylic acids is 4. The number of rotatable bonds is 11. The highest BCUT2D eigenvalue weighted by Gasteiger charge is 2.57. The second-order valence-corrected chi connectivity index (χ2v) is 8.86. The summed E-state index contributed by atoms with van der Waals surface area (Å²) in [5.41, 5.74) is 0.719. The topological polar surface area (TPSA) is 117 Å². The van der Waals surface area contributed by atoms with Gasteiger partial charge in [0, 0.05) is 36.8 Å². The molecule has 1 saturated carbocycles. The number of nitrogens with zero attached hydrogens (tertiary/aromatic N) is 1. The van der Waals surface area contributed by atoms with Crippen LogP contribution >= 0.6 is 11.3 Å². The Balaban J connectivity index is 1.60. The molecule has 1 fully saturated rings. The quantitative estimate of drug-likeness (QED) is 0.424. The third kappa shape index (κ3) is 7.14. The van der Waals surface area contributed by atoms with Crippen LogP contribution in [0.3, 0.4) is 0 Å². The molecule has 11 heteroatoms. The molecule has 0 aliphatic heterocycles. The summed E-state index contributed by atoms with van der Waals surface area (Å²) < 4.78 is 26.0. The molecule has 3 N–H and O–H groups in total. The van der Waals surface area contributed by atoms with Crippen molar-refractivity contribution in [3.8, 4) is 0 Å². The van der Waals surface area contributed by atoms with Crippen LogP contribution < -0.4 is 16.0 Å². The van der Waals surface area contributed by atoms with Gasteiger partial charge in [0.15, 0.2) is 0 Å².